The van der Waals surface area contributed by atoms with Crippen LogP contribution in [0.4, 0.5) is 18.9 Å². The number of likely N-dealkylation sites (tertiary alicyclic amines) is 1. The summed E-state index contributed by atoms with van der Waals surface area (Å²) in [6.45, 7) is 0.315. The highest BCUT2D eigenvalue weighted by molar-refractivity contribution is 6.32. The van der Waals surface area contributed by atoms with Crippen LogP contribution in [0, 0.1) is 5.92 Å². The second-order valence-electron chi connectivity index (χ2n) is 6.31. The number of alkyl halides is 3. The predicted octanol–water partition coefficient (Wildman–Crippen LogP) is 3.18. The third-order valence-electron chi connectivity index (χ3n) is 4.27. The van der Waals surface area contributed by atoms with Crippen molar-refractivity contribution in [2.75, 3.05) is 31.5 Å². The van der Waals surface area contributed by atoms with E-state index in [0.29, 0.717) is 37.4 Å². The van der Waals surface area contributed by atoms with Gasteiger partial charge in [0.1, 0.15) is 5.02 Å². The van der Waals surface area contributed by atoms with Crippen LogP contribution in [-0.4, -0.2) is 47.0 Å². The van der Waals surface area contributed by atoms with Crippen LogP contribution in [0.25, 0.3) is 5.69 Å². The normalized spacial score (nSPS) is 18.2. The maximum absolute atomic E-state index is 12.4. The van der Waals surface area contributed by atoms with Crippen molar-refractivity contribution in [3.8, 4) is 5.69 Å². The lowest BCUT2D eigenvalue weighted by molar-refractivity contribution is -0.143. The summed E-state index contributed by atoms with van der Waals surface area (Å²) < 4.78 is 38.5. The average molecular weight is 387 g/mol. The molecule has 0 radical (unpaired) electrons. The van der Waals surface area contributed by atoms with Crippen LogP contribution in [0.15, 0.2) is 41.3 Å². The number of nitrogens with one attached hydrogen (secondary N) is 1. The molecule has 1 aromatic heterocycles. The van der Waals surface area contributed by atoms with E-state index in [-0.39, 0.29) is 10.9 Å². The van der Waals surface area contributed by atoms with E-state index < -0.39 is 18.3 Å². The number of halogens is 4. The Hall–Kier alpha value is -2.06. The minimum absolute atomic E-state index is 0.00833. The zero-order valence-electron chi connectivity index (χ0n) is 13.8. The van der Waals surface area contributed by atoms with Crippen molar-refractivity contribution in [3.05, 3.63) is 51.9 Å². The van der Waals surface area contributed by atoms with E-state index in [9.17, 15) is 18.0 Å². The van der Waals surface area contributed by atoms with Gasteiger partial charge >= 0.3 is 6.18 Å². The first kappa shape index (κ1) is 18.7. The van der Waals surface area contributed by atoms with Crippen LogP contribution in [0.5, 0.6) is 0 Å². The summed E-state index contributed by atoms with van der Waals surface area (Å²) in [6, 6.07) is 8.89. The Bertz CT molecular complexity index is 810. The molecular formula is C17H18ClF3N4O. The first-order valence-electron chi connectivity index (χ1n) is 8.20. The molecule has 1 fully saturated rings. The molecule has 0 bridgehead atoms. The second-order valence-corrected chi connectivity index (χ2v) is 6.69. The van der Waals surface area contributed by atoms with Gasteiger partial charge in [0.2, 0.25) is 0 Å². The topological polar surface area (TPSA) is 50.2 Å². The van der Waals surface area contributed by atoms with Crippen molar-refractivity contribution in [1.82, 2.24) is 14.7 Å². The van der Waals surface area contributed by atoms with Crippen LogP contribution in [-0.2, 0) is 0 Å². The number of rotatable bonds is 5. The van der Waals surface area contributed by atoms with Crippen LogP contribution < -0.4 is 10.9 Å². The standard InChI is InChI=1S/C17H18ClF3N4O/c18-15-14(9-23-25(16(15)26)13-4-2-1-3-5-13)22-8-12-6-7-24(10-12)11-17(19,20)21/h1-5,9,12,22H,6-8,10-11H2. The SMILES string of the molecule is O=c1c(Cl)c(NCC2CCN(CC(F)(F)F)C2)cnn1-c1ccccc1. The number of para-hydroxylation sites is 1. The molecule has 5 nitrogen and oxygen atoms in total. The highest BCUT2D eigenvalue weighted by atomic mass is 35.5. The van der Waals surface area contributed by atoms with Crippen LogP contribution in [0.2, 0.25) is 5.02 Å². The molecule has 9 heteroatoms. The van der Waals surface area contributed by atoms with Gasteiger partial charge in [0.25, 0.3) is 5.56 Å². The molecular weight excluding hydrogens is 369 g/mol. The lowest BCUT2D eigenvalue weighted by Gasteiger charge is -2.18. The smallest absolute Gasteiger partial charge is 0.382 e. The van der Waals surface area contributed by atoms with Gasteiger partial charge in [-0.1, -0.05) is 29.8 Å². The van der Waals surface area contributed by atoms with Gasteiger partial charge in [-0.05, 0) is 31.0 Å². The van der Waals surface area contributed by atoms with E-state index in [0.717, 1.165) is 0 Å². The van der Waals surface area contributed by atoms with Crippen molar-refractivity contribution < 1.29 is 13.2 Å². The lowest BCUT2D eigenvalue weighted by atomic mass is 10.1. The fourth-order valence-electron chi connectivity index (χ4n) is 3.04. The molecule has 0 amide bonds. The molecule has 1 saturated heterocycles. The molecule has 1 atom stereocenters. The number of anilines is 1. The zero-order chi connectivity index (χ0) is 18.7. The van der Waals surface area contributed by atoms with Gasteiger partial charge in [-0.2, -0.15) is 23.0 Å². The Morgan fingerprint density at radius 1 is 1.27 bits per heavy atom. The molecule has 1 aliphatic heterocycles. The Balaban J connectivity index is 1.63. The summed E-state index contributed by atoms with van der Waals surface area (Å²) in [5.41, 5.74) is 0.538. The van der Waals surface area contributed by atoms with Gasteiger partial charge < -0.3 is 5.32 Å². The maximum Gasteiger partial charge on any atom is 0.401 e. The molecule has 1 unspecified atom stereocenters. The molecule has 1 aromatic carbocycles. The average Bonchev–Trinajstić information content (AvgIpc) is 3.02. The quantitative estimate of drug-likeness (QED) is 0.857. The van der Waals surface area contributed by atoms with Gasteiger partial charge in [-0.3, -0.25) is 9.69 Å². The molecule has 26 heavy (non-hydrogen) atoms. The molecule has 3 rings (SSSR count). The zero-order valence-corrected chi connectivity index (χ0v) is 14.6. The lowest BCUT2D eigenvalue weighted by Crippen LogP contribution is -2.33. The Morgan fingerprint density at radius 2 is 2.00 bits per heavy atom. The monoisotopic (exact) mass is 386 g/mol. The maximum atomic E-state index is 12.4. The van der Waals surface area contributed by atoms with E-state index in [1.807, 2.05) is 6.07 Å². The fraction of sp³-hybridized carbons (Fsp3) is 0.412. The molecule has 1 aliphatic rings. The molecule has 1 N–H and O–H groups in total. The van der Waals surface area contributed by atoms with Gasteiger partial charge in [0, 0.05) is 13.1 Å². The number of benzene rings is 1. The molecule has 0 aliphatic carbocycles. The molecule has 0 spiro atoms. The summed E-state index contributed by atoms with van der Waals surface area (Å²) in [5.74, 6) is 0.0602. The summed E-state index contributed by atoms with van der Waals surface area (Å²) in [6.07, 6.45) is -2.06. The summed E-state index contributed by atoms with van der Waals surface area (Å²) in [5, 5.41) is 7.17. The molecule has 140 valence electrons. The van der Waals surface area contributed by atoms with E-state index in [1.54, 1.807) is 24.3 Å². The first-order valence-corrected chi connectivity index (χ1v) is 8.57. The van der Waals surface area contributed by atoms with E-state index >= 15 is 0 Å². The predicted molar refractivity (Wildman–Crippen MR) is 93.9 cm³/mol. The molecule has 2 aromatic rings. The third-order valence-corrected chi connectivity index (χ3v) is 4.64. The highest BCUT2D eigenvalue weighted by Crippen LogP contribution is 2.24. The second kappa shape index (κ2) is 7.67. The fourth-order valence-corrected chi connectivity index (χ4v) is 3.24. The number of nitrogens with zero attached hydrogens (tertiary/aromatic N) is 3. The third kappa shape index (κ3) is 4.56. The van der Waals surface area contributed by atoms with Gasteiger partial charge in [-0.15, -0.1) is 0 Å². The van der Waals surface area contributed by atoms with Crippen LogP contribution in [0.3, 0.4) is 0 Å². The van der Waals surface area contributed by atoms with Gasteiger partial charge in [0.15, 0.2) is 0 Å². The summed E-state index contributed by atoms with van der Waals surface area (Å²) in [7, 11) is 0. The molecule has 2 heterocycles. The minimum atomic E-state index is -4.18. The Morgan fingerprint density at radius 3 is 2.69 bits per heavy atom. The van der Waals surface area contributed by atoms with E-state index in [2.05, 4.69) is 10.4 Å². The van der Waals surface area contributed by atoms with Crippen molar-refractivity contribution in [2.45, 2.75) is 12.6 Å². The summed E-state index contributed by atoms with van der Waals surface area (Å²) >= 11 is 6.15. The summed E-state index contributed by atoms with van der Waals surface area (Å²) in [4.78, 5) is 13.8. The van der Waals surface area contributed by atoms with Gasteiger partial charge in [-0.25, -0.2) is 0 Å². The van der Waals surface area contributed by atoms with Crippen molar-refractivity contribution in [2.24, 2.45) is 5.92 Å². The largest absolute Gasteiger partial charge is 0.401 e. The van der Waals surface area contributed by atoms with Crippen LogP contribution in [0.1, 0.15) is 6.42 Å². The van der Waals surface area contributed by atoms with Crippen LogP contribution >= 0.6 is 11.6 Å². The number of hydrogen-bond donors (Lipinski definition) is 1. The van der Waals surface area contributed by atoms with E-state index in [4.69, 9.17) is 11.6 Å². The Labute approximate surface area is 153 Å². The van der Waals surface area contributed by atoms with Crippen molar-refractivity contribution in [1.29, 1.82) is 0 Å². The highest BCUT2D eigenvalue weighted by Gasteiger charge is 2.34. The van der Waals surface area contributed by atoms with Gasteiger partial charge in [0.05, 0.1) is 24.1 Å². The Kier molecular flexibility index (Phi) is 5.52. The van der Waals surface area contributed by atoms with Crippen molar-refractivity contribution in [3.63, 3.8) is 0 Å². The minimum Gasteiger partial charge on any atom is -0.382 e. The van der Waals surface area contributed by atoms with E-state index in [1.165, 1.54) is 15.8 Å². The number of aromatic nitrogens is 2. The number of hydrogen-bond acceptors (Lipinski definition) is 4. The first-order chi connectivity index (χ1) is 12.3. The van der Waals surface area contributed by atoms with Crippen molar-refractivity contribution >= 4 is 17.3 Å². The molecule has 0 saturated carbocycles.